The molecule has 0 unspecified atom stereocenters. The Morgan fingerprint density at radius 1 is 0.493 bits per heavy atom. The first-order valence-corrected chi connectivity index (χ1v) is 26.3. The van der Waals surface area contributed by atoms with Gasteiger partial charge >= 0.3 is 0 Å². The van der Waals surface area contributed by atoms with Gasteiger partial charge in [0.15, 0.2) is 6.29 Å². The zero-order valence-corrected chi connectivity index (χ0v) is 43.7. The van der Waals surface area contributed by atoms with Crippen molar-refractivity contribution in [1.82, 2.24) is 29.4 Å². The molecule has 0 amide bonds. The number of aldehydes is 1. The molecular formula is C60H62IN6O3P. The number of carbonyl (C=O) groups is 1. The Hall–Kier alpha value is -6.11. The number of fused-ring (bicyclic) bond motifs is 2. The third kappa shape index (κ3) is 12.9. The molecule has 0 saturated carbocycles. The molecule has 362 valence electrons. The van der Waals surface area contributed by atoms with Gasteiger partial charge in [0.25, 0.3) is 0 Å². The van der Waals surface area contributed by atoms with Crippen molar-refractivity contribution in [1.29, 1.82) is 0 Å². The van der Waals surface area contributed by atoms with E-state index in [9.17, 15) is 4.79 Å². The van der Waals surface area contributed by atoms with Gasteiger partial charge in [-0.15, -0.1) is 0 Å². The average molecular weight is 1070 g/mol. The van der Waals surface area contributed by atoms with Crippen molar-refractivity contribution in [3.8, 4) is 11.4 Å². The van der Waals surface area contributed by atoms with E-state index in [1.165, 1.54) is 32.1 Å². The number of aryl methyl sites for hydroxylation is 2. The fourth-order valence-electron chi connectivity index (χ4n) is 9.38. The van der Waals surface area contributed by atoms with Gasteiger partial charge in [-0.1, -0.05) is 121 Å². The monoisotopic (exact) mass is 1070 g/mol. The number of morpholine rings is 2. The summed E-state index contributed by atoms with van der Waals surface area (Å²) in [5.74, 6) is 0. The minimum absolute atomic E-state index is 0. The second-order valence-electron chi connectivity index (χ2n) is 17.7. The molecule has 2 aliphatic rings. The summed E-state index contributed by atoms with van der Waals surface area (Å²) in [6.45, 7) is 13.6. The van der Waals surface area contributed by atoms with Crippen molar-refractivity contribution < 1.29 is 38.2 Å². The van der Waals surface area contributed by atoms with E-state index in [-0.39, 0.29) is 24.0 Å². The van der Waals surface area contributed by atoms with Gasteiger partial charge in [0.2, 0.25) is 0 Å². The molecule has 9 aromatic rings. The highest BCUT2D eigenvalue weighted by Gasteiger charge is 2.45. The van der Waals surface area contributed by atoms with Gasteiger partial charge in [-0.25, -0.2) is 9.36 Å². The van der Waals surface area contributed by atoms with Crippen molar-refractivity contribution in [2.75, 3.05) is 71.9 Å². The Balaban J connectivity index is 0.000000145. The summed E-state index contributed by atoms with van der Waals surface area (Å²) in [6, 6.07) is 66.5. The van der Waals surface area contributed by atoms with Crippen LogP contribution in [0.1, 0.15) is 27.6 Å². The van der Waals surface area contributed by atoms with E-state index in [0.29, 0.717) is 5.69 Å². The average Bonchev–Trinajstić information content (AvgIpc) is 4.01. The Morgan fingerprint density at radius 3 is 1.35 bits per heavy atom. The van der Waals surface area contributed by atoms with Crippen LogP contribution in [0.5, 0.6) is 0 Å². The Morgan fingerprint density at radius 2 is 0.901 bits per heavy atom. The van der Waals surface area contributed by atoms with Crippen molar-refractivity contribution >= 4 is 57.1 Å². The van der Waals surface area contributed by atoms with Crippen LogP contribution in [-0.2, 0) is 9.47 Å². The first-order chi connectivity index (χ1) is 34.5. The summed E-state index contributed by atoms with van der Waals surface area (Å²) < 4.78 is 14.7. The van der Waals surface area contributed by atoms with E-state index < -0.39 is 7.26 Å². The molecule has 4 heterocycles. The SMILES string of the molecule is Cc1cc(C=CCN2CCOCC2)nn1-c1ccc2ccccc2c1.Cc1cc(C=O)nn1-c1ccc2ccccc2c1.[I-].c1ccc([P+](CCN2CCOCC2)(c2ccccc2)c2ccccc2)cc1. The molecule has 2 fully saturated rings. The summed E-state index contributed by atoms with van der Waals surface area (Å²) in [5, 5.41) is 18.3. The van der Waals surface area contributed by atoms with Crippen LogP contribution in [0, 0.1) is 13.8 Å². The van der Waals surface area contributed by atoms with Gasteiger partial charge in [0.05, 0.1) is 49.7 Å². The fraction of sp³-hybridized carbons (Fsp3) is 0.217. The van der Waals surface area contributed by atoms with Gasteiger partial charge < -0.3 is 33.5 Å². The lowest BCUT2D eigenvalue weighted by molar-refractivity contribution is -0.0000229. The summed E-state index contributed by atoms with van der Waals surface area (Å²) in [7, 11) is -1.70. The molecule has 2 saturated heterocycles. The number of ether oxygens (including phenoxy) is 2. The first-order valence-electron chi connectivity index (χ1n) is 24.4. The smallest absolute Gasteiger partial charge is 0.170 e. The number of carbonyl (C=O) groups excluding carboxylic acids is 1. The second kappa shape index (κ2) is 25.3. The molecule has 0 aliphatic carbocycles. The molecule has 2 aliphatic heterocycles. The van der Waals surface area contributed by atoms with Crippen molar-refractivity contribution in [3.05, 3.63) is 217 Å². The number of aromatic nitrogens is 4. The minimum Gasteiger partial charge on any atom is -1.00 e. The maximum absolute atomic E-state index is 10.7. The van der Waals surface area contributed by atoms with Crippen LogP contribution in [0.3, 0.4) is 0 Å². The molecule has 0 radical (unpaired) electrons. The van der Waals surface area contributed by atoms with Crippen LogP contribution in [0.4, 0.5) is 0 Å². The quantitative estimate of drug-likeness (QED) is 0.0732. The van der Waals surface area contributed by atoms with Crippen LogP contribution in [0.25, 0.3) is 39.0 Å². The maximum atomic E-state index is 10.7. The summed E-state index contributed by atoms with van der Waals surface area (Å²) >= 11 is 0. The predicted octanol–water partition coefficient (Wildman–Crippen LogP) is 7.14. The number of nitrogens with zero attached hydrogens (tertiary/aromatic N) is 6. The lowest BCUT2D eigenvalue weighted by atomic mass is 10.1. The minimum atomic E-state index is -1.70. The highest BCUT2D eigenvalue weighted by molar-refractivity contribution is 7.95. The lowest BCUT2D eigenvalue weighted by Gasteiger charge is -2.32. The highest BCUT2D eigenvalue weighted by atomic mass is 127. The Labute approximate surface area is 436 Å². The van der Waals surface area contributed by atoms with Gasteiger partial charge in [-0.2, -0.15) is 10.2 Å². The zero-order chi connectivity index (χ0) is 48.0. The second-order valence-corrected chi connectivity index (χ2v) is 21.4. The molecule has 7 aromatic carbocycles. The summed E-state index contributed by atoms with van der Waals surface area (Å²) in [4.78, 5) is 15.7. The molecule has 71 heavy (non-hydrogen) atoms. The predicted molar refractivity (Wildman–Crippen MR) is 291 cm³/mol. The maximum Gasteiger partial charge on any atom is 0.170 e. The van der Waals surface area contributed by atoms with E-state index in [1.54, 1.807) is 10.7 Å². The molecule has 9 nitrogen and oxygen atoms in total. The number of hydrogen-bond acceptors (Lipinski definition) is 7. The van der Waals surface area contributed by atoms with Crippen LogP contribution in [0.2, 0.25) is 0 Å². The van der Waals surface area contributed by atoms with Gasteiger partial charge in [-0.3, -0.25) is 14.6 Å². The first kappa shape index (κ1) is 51.3. The van der Waals surface area contributed by atoms with Crippen LogP contribution >= 0.6 is 7.26 Å². The van der Waals surface area contributed by atoms with Gasteiger partial charge in [0, 0.05) is 50.7 Å². The number of benzene rings is 7. The summed E-state index contributed by atoms with van der Waals surface area (Å²) in [6.07, 6.45) is 6.23. The Bertz CT molecular complexity index is 3020. The third-order valence-electron chi connectivity index (χ3n) is 13.1. The van der Waals surface area contributed by atoms with E-state index in [1.807, 2.05) is 29.8 Å². The molecule has 0 atom stereocenters. The molecular weight excluding hydrogens is 1010 g/mol. The molecule has 11 rings (SSSR count). The van der Waals surface area contributed by atoms with Crippen molar-refractivity contribution in [2.24, 2.45) is 0 Å². The third-order valence-corrected chi connectivity index (χ3v) is 17.5. The molecule has 11 heteroatoms. The van der Waals surface area contributed by atoms with Crippen LogP contribution in [0.15, 0.2) is 194 Å². The van der Waals surface area contributed by atoms with Gasteiger partial charge in [-0.05, 0) is 114 Å². The lowest BCUT2D eigenvalue weighted by Crippen LogP contribution is -3.00. The van der Waals surface area contributed by atoms with Crippen LogP contribution in [-0.4, -0.2) is 108 Å². The van der Waals surface area contributed by atoms with E-state index in [0.717, 1.165) is 112 Å². The molecule has 0 N–H and O–H groups in total. The molecule has 2 aromatic heterocycles. The zero-order valence-electron chi connectivity index (χ0n) is 40.6. The van der Waals surface area contributed by atoms with Gasteiger partial charge in [0.1, 0.15) is 28.9 Å². The number of halogens is 1. The van der Waals surface area contributed by atoms with E-state index in [4.69, 9.17) is 14.6 Å². The number of hydrogen-bond donors (Lipinski definition) is 0. The van der Waals surface area contributed by atoms with Crippen molar-refractivity contribution in [3.63, 3.8) is 0 Å². The number of rotatable bonds is 12. The topological polar surface area (TPSA) is 77.7 Å². The van der Waals surface area contributed by atoms with E-state index in [2.05, 4.69) is 198 Å². The largest absolute Gasteiger partial charge is 1.00 e. The Kier molecular flexibility index (Phi) is 18.3. The highest BCUT2D eigenvalue weighted by Crippen LogP contribution is 2.55. The van der Waals surface area contributed by atoms with Crippen molar-refractivity contribution in [2.45, 2.75) is 13.8 Å². The fourth-order valence-corrected chi connectivity index (χ4v) is 13.7. The van der Waals surface area contributed by atoms with E-state index >= 15 is 0 Å². The molecule has 0 spiro atoms. The molecule has 0 bridgehead atoms. The van der Waals surface area contributed by atoms with Crippen LogP contribution < -0.4 is 39.9 Å². The normalized spacial score (nSPS) is 14.3. The summed E-state index contributed by atoms with van der Waals surface area (Å²) in [5.41, 5.74) is 5.62. The standard InChI is InChI=1S/C24H27NOP.C21H23N3O.C15H12N2O.HI/c1-4-10-22(11-5-1)27(23-12-6-2-7-13-23,24-14-8-3-9-15-24)21-18-25-16-19-26-20-17-25;1-17-15-20(7-4-10-23-11-13-25-14-12-23)22-24(17)21-9-8-18-5-2-3-6-19(18)16-21;1-11-8-14(10-18)16-17(11)15-7-6-12-4-2-3-5-13(12)9-15;/h1-15H,16-21H2;2-9,15-16H,10-14H2,1H3;2-10H,1H3;1H/q+1;;;/p-1.